The van der Waals surface area contributed by atoms with Crippen LogP contribution in [-0.4, -0.2) is 30.7 Å². The molecule has 92 valence electrons. The predicted octanol–water partition coefficient (Wildman–Crippen LogP) is 2.13. The highest BCUT2D eigenvalue weighted by molar-refractivity contribution is 5.64. The number of nitro benzene ring substituents is 1. The van der Waals surface area contributed by atoms with Crippen molar-refractivity contribution in [1.29, 1.82) is 0 Å². The molecule has 1 aromatic carbocycles. The van der Waals surface area contributed by atoms with Gasteiger partial charge in [-0.25, -0.2) is 0 Å². The summed E-state index contributed by atoms with van der Waals surface area (Å²) < 4.78 is 5.44. The highest BCUT2D eigenvalue weighted by atomic mass is 16.6. The minimum atomic E-state index is -0.317. The molecule has 5 nitrogen and oxygen atoms in total. The van der Waals surface area contributed by atoms with Crippen LogP contribution in [0.5, 0.6) is 0 Å². The number of hydrogen-bond acceptors (Lipinski definition) is 4. The van der Waals surface area contributed by atoms with Gasteiger partial charge in [0.2, 0.25) is 0 Å². The molecule has 1 heterocycles. The Morgan fingerprint density at radius 3 is 2.94 bits per heavy atom. The van der Waals surface area contributed by atoms with Crippen molar-refractivity contribution in [2.75, 3.05) is 24.6 Å². The summed E-state index contributed by atoms with van der Waals surface area (Å²) in [6.45, 7) is 5.86. The average molecular weight is 236 g/mol. The Morgan fingerprint density at radius 1 is 1.53 bits per heavy atom. The van der Waals surface area contributed by atoms with E-state index in [0.29, 0.717) is 25.4 Å². The largest absolute Gasteiger partial charge is 0.375 e. The molecule has 0 aromatic heterocycles. The summed E-state index contributed by atoms with van der Waals surface area (Å²) in [5.41, 5.74) is 1.77. The van der Waals surface area contributed by atoms with E-state index in [4.69, 9.17) is 4.74 Å². The third kappa shape index (κ3) is 2.55. The van der Waals surface area contributed by atoms with E-state index in [1.54, 1.807) is 6.07 Å². The van der Waals surface area contributed by atoms with Crippen LogP contribution in [0.25, 0.3) is 0 Å². The lowest BCUT2D eigenvalue weighted by molar-refractivity contribution is -0.384. The second-order valence-corrected chi connectivity index (χ2v) is 4.38. The fourth-order valence-corrected chi connectivity index (χ4v) is 2.08. The number of ether oxygens (including phenoxy) is 1. The summed E-state index contributed by atoms with van der Waals surface area (Å²) in [7, 11) is 0. The Kier molecular flexibility index (Phi) is 3.28. The second kappa shape index (κ2) is 4.71. The number of anilines is 1. The molecule has 17 heavy (non-hydrogen) atoms. The molecular formula is C12H16N2O3. The molecule has 0 N–H and O–H groups in total. The molecule has 1 aliphatic heterocycles. The normalized spacial score (nSPS) is 20.4. The van der Waals surface area contributed by atoms with Crippen LogP contribution in [0, 0.1) is 17.0 Å². The maximum atomic E-state index is 11.0. The Hall–Kier alpha value is -1.62. The molecule has 1 aliphatic rings. The van der Waals surface area contributed by atoms with Crippen LogP contribution in [0.3, 0.4) is 0 Å². The first-order valence-electron chi connectivity index (χ1n) is 5.69. The predicted molar refractivity (Wildman–Crippen MR) is 65.5 cm³/mol. The first-order chi connectivity index (χ1) is 8.08. The number of nitrogens with zero attached hydrogens (tertiary/aromatic N) is 2. The van der Waals surface area contributed by atoms with Crippen LogP contribution in [0.1, 0.15) is 12.5 Å². The number of benzene rings is 1. The van der Waals surface area contributed by atoms with Crippen molar-refractivity contribution < 1.29 is 9.66 Å². The summed E-state index contributed by atoms with van der Waals surface area (Å²) in [6, 6.07) is 5.35. The molecule has 0 saturated carbocycles. The van der Waals surface area contributed by atoms with E-state index < -0.39 is 0 Å². The molecule has 1 atom stereocenters. The molecule has 0 radical (unpaired) electrons. The minimum absolute atomic E-state index is 0.115. The monoisotopic (exact) mass is 236 g/mol. The third-order valence-electron chi connectivity index (χ3n) is 2.91. The lowest BCUT2D eigenvalue weighted by Crippen LogP contribution is -2.41. The van der Waals surface area contributed by atoms with Gasteiger partial charge in [-0.1, -0.05) is 6.07 Å². The number of morpholine rings is 1. The van der Waals surface area contributed by atoms with Gasteiger partial charge in [-0.2, -0.15) is 0 Å². The van der Waals surface area contributed by atoms with Crippen molar-refractivity contribution in [3.63, 3.8) is 0 Å². The Morgan fingerprint density at radius 2 is 2.29 bits per heavy atom. The quantitative estimate of drug-likeness (QED) is 0.583. The van der Waals surface area contributed by atoms with E-state index in [-0.39, 0.29) is 16.7 Å². The molecule has 1 unspecified atom stereocenters. The summed E-state index contributed by atoms with van der Waals surface area (Å²) in [5, 5.41) is 11.0. The zero-order valence-electron chi connectivity index (χ0n) is 10.0. The SMILES string of the molecule is Cc1ccc(N2CCOC(C)C2)c([N+](=O)[O-])c1. The maximum Gasteiger partial charge on any atom is 0.292 e. The summed E-state index contributed by atoms with van der Waals surface area (Å²) in [6.07, 6.45) is 0.115. The fraction of sp³-hybridized carbons (Fsp3) is 0.500. The number of hydrogen-bond donors (Lipinski definition) is 0. The van der Waals surface area contributed by atoms with Crippen LogP contribution in [-0.2, 0) is 4.74 Å². The van der Waals surface area contributed by atoms with Crippen LogP contribution in [0.15, 0.2) is 18.2 Å². The molecule has 0 spiro atoms. The van der Waals surface area contributed by atoms with E-state index in [2.05, 4.69) is 0 Å². The van der Waals surface area contributed by atoms with Crippen LogP contribution in [0.2, 0.25) is 0 Å². The van der Waals surface area contributed by atoms with Crippen molar-refractivity contribution in [1.82, 2.24) is 0 Å². The van der Waals surface area contributed by atoms with Gasteiger partial charge in [0.1, 0.15) is 5.69 Å². The molecule has 5 heteroatoms. The van der Waals surface area contributed by atoms with Gasteiger partial charge >= 0.3 is 0 Å². The first-order valence-corrected chi connectivity index (χ1v) is 5.69. The molecular weight excluding hydrogens is 220 g/mol. The van der Waals surface area contributed by atoms with Crippen molar-refractivity contribution in [2.45, 2.75) is 20.0 Å². The second-order valence-electron chi connectivity index (χ2n) is 4.38. The minimum Gasteiger partial charge on any atom is -0.375 e. The molecule has 0 bridgehead atoms. The molecule has 0 amide bonds. The van der Waals surface area contributed by atoms with E-state index in [1.807, 2.05) is 30.9 Å². The van der Waals surface area contributed by atoms with E-state index >= 15 is 0 Å². The van der Waals surface area contributed by atoms with Gasteiger partial charge in [0, 0.05) is 19.2 Å². The zero-order valence-corrected chi connectivity index (χ0v) is 10.0. The van der Waals surface area contributed by atoms with Gasteiger partial charge in [0.05, 0.1) is 17.6 Å². The standard InChI is InChI=1S/C12H16N2O3/c1-9-3-4-11(12(7-9)14(15)16)13-5-6-17-10(2)8-13/h3-4,7,10H,5-6,8H2,1-2H3. The fourth-order valence-electron chi connectivity index (χ4n) is 2.08. The zero-order chi connectivity index (χ0) is 12.4. The molecule has 1 fully saturated rings. The Labute approximate surface area is 100 Å². The van der Waals surface area contributed by atoms with Crippen LogP contribution >= 0.6 is 0 Å². The first kappa shape index (κ1) is 11.9. The van der Waals surface area contributed by atoms with Gasteiger partial charge in [0.15, 0.2) is 0 Å². The molecule has 0 aliphatic carbocycles. The maximum absolute atomic E-state index is 11.0. The van der Waals surface area contributed by atoms with Crippen LogP contribution < -0.4 is 4.90 Å². The van der Waals surface area contributed by atoms with Crippen molar-refractivity contribution in [3.05, 3.63) is 33.9 Å². The Balaban J connectivity index is 2.33. The summed E-state index contributed by atoms with van der Waals surface area (Å²) in [4.78, 5) is 12.7. The van der Waals surface area contributed by atoms with Crippen molar-refractivity contribution >= 4 is 11.4 Å². The van der Waals surface area contributed by atoms with E-state index in [9.17, 15) is 10.1 Å². The molecule has 1 aromatic rings. The Bertz CT molecular complexity index is 434. The van der Waals surface area contributed by atoms with Gasteiger partial charge in [-0.05, 0) is 25.5 Å². The summed E-state index contributed by atoms with van der Waals surface area (Å²) in [5.74, 6) is 0. The molecule has 2 rings (SSSR count). The highest BCUT2D eigenvalue weighted by Gasteiger charge is 2.23. The third-order valence-corrected chi connectivity index (χ3v) is 2.91. The number of aryl methyl sites for hydroxylation is 1. The van der Waals surface area contributed by atoms with Gasteiger partial charge in [-0.15, -0.1) is 0 Å². The van der Waals surface area contributed by atoms with Gasteiger partial charge in [0.25, 0.3) is 5.69 Å². The smallest absolute Gasteiger partial charge is 0.292 e. The van der Waals surface area contributed by atoms with E-state index in [1.165, 1.54) is 0 Å². The summed E-state index contributed by atoms with van der Waals surface area (Å²) >= 11 is 0. The molecule has 1 saturated heterocycles. The van der Waals surface area contributed by atoms with Crippen molar-refractivity contribution in [2.24, 2.45) is 0 Å². The number of rotatable bonds is 2. The van der Waals surface area contributed by atoms with Crippen LogP contribution in [0.4, 0.5) is 11.4 Å². The number of nitro groups is 1. The lowest BCUT2D eigenvalue weighted by Gasteiger charge is -2.32. The topological polar surface area (TPSA) is 55.6 Å². The van der Waals surface area contributed by atoms with Gasteiger partial charge in [-0.3, -0.25) is 10.1 Å². The van der Waals surface area contributed by atoms with E-state index in [0.717, 1.165) is 5.56 Å². The highest BCUT2D eigenvalue weighted by Crippen LogP contribution is 2.30. The van der Waals surface area contributed by atoms with Crippen molar-refractivity contribution in [3.8, 4) is 0 Å². The average Bonchev–Trinajstić information content (AvgIpc) is 2.28. The lowest BCUT2D eigenvalue weighted by atomic mass is 10.1. The van der Waals surface area contributed by atoms with Gasteiger partial charge < -0.3 is 9.64 Å².